The van der Waals surface area contributed by atoms with Crippen LogP contribution in [0.5, 0.6) is 0 Å². The van der Waals surface area contributed by atoms with Gasteiger partial charge in [-0.05, 0) is 18.8 Å². The highest BCUT2D eigenvalue weighted by Crippen LogP contribution is 2.51. The van der Waals surface area contributed by atoms with Gasteiger partial charge in [0.25, 0.3) is 6.43 Å². The number of nitrogens with zero attached hydrogens (tertiary/aromatic N) is 3. The zero-order valence-corrected chi connectivity index (χ0v) is 12.1. The van der Waals surface area contributed by atoms with Gasteiger partial charge in [-0.1, -0.05) is 0 Å². The molecule has 120 valence electrons. The molecule has 0 bridgehead atoms. The zero-order valence-electron chi connectivity index (χ0n) is 12.1. The van der Waals surface area contributed by atoms with Gasteiger partial charge >= 0.3 is 0 Å². The molecule has 2 heterocycles. The molecule has 21 heavy (non-hydrogen) atoms. The highest BCUT2D eigenvalue weighted by molar-refractivity contribution is 5.64. The molecule has 1 aliphatic carbocycles. The molecule has 3 fully saturated rings. The maximum absolute atomic E-state index is 12.3. The van der Waals surface area contributed by atoms with Crippen LogP contribution in [0.2, 0.25) is 0 Å². The number of alkyl halides is 2. The van der Waals surface area contributed by atoms with Gasteiger partial charge in [0.15, 0.2) is 0 Å². The van der Waals surface area contributed by atoms with Gasteiger partial charge in [-0.3, -0.25) is 4.90 Å². The standard InChI is InChI=1S/C14H23F2N3O2/c15-12(16)8-18-3-1-17(2-4-18)7-11-5-14(6-11)9-19(10-14)13(20)21/h11-12H,1-10H2,(H,20,21)/p-1. The number of carbonyl (C=O) groups is 1. The van der Waals surface area contributed by atoms with Crippen molar-refractivity contribution in [3.8, 4) is 0 Å². The fourth-order valence-corrected chi connectivity index (χ4v) is 4.16. The van der Waals surface area contributed by atoms with E-state index in [1.807, 2.05) is 4.90 Å². The Morgan fingerprint density at radius 2 is 1.71 bits per heavy atom. The van der Waals surface area contributed by atoms with Crippen molar-refractivity contribution in [2.45, 2.75) is 19.3 Å². The maximum atomic E-state index is 12.3. The van der Waals surface area contributed by atoms with Gasteiger partial charge in [0.1, 0.15) is 6.09 Å². The fourth-order valence-electron chi connectivity index (χ4n) is 4.16. The number of amides is 1. The van der Waals surface area contributed by atoms with E-state index in [1.165, 1.54) is 4.90 Å². The Hall–Kier alpha value is -0.950. The SMILES string of the molecule is O=C([O-])N1CC2(CC(CN3CCN(CC(F)F)CC3)C2)C1. The molecule has 3 rings (SSSR count). The quantitative estimate of drug-likeness (QED) is 0.729. The molecule has 0 aromatic carbocycles. The van der Waals surface area contributed by atoms with E-state index in [1.54, 1.807) is 0 Å². The summed E-state index contributed by atoms with van der Waals surface area (Å²) in [6, 6.07) is 0. The van der Waals surface area contributed by atoms with Crippen LogP contribution >= 0.6 is 0 Å². The van der Waals surface area contributed by atoms with Crippen LogP contribution in [0.15, 0.2) is 0 Å². The molecular formula is C14H22F2N3O2-. The van der Waals surface area contributed by atoms with Crippen LogP contribution in [-0.2, 0) is 0 Å². The Morgan fingerprint density at radius 1 is 1.14 bits per heavy atom. The van der Waals surface area contributed by atoms with Crippen molar-refractivity contribution in [2.75, 3.05) is 52.4 Å². The third-order valence-corrected chi connectivity index (χ3v) is 5.13. The summed E-state index contributed by atoms with van der Waals surface area (Å²) in [5.41, 5.74) is 0.224. The van der Waals surface area contributed by atoms with E-state index in [4.69, 9.17) is 0 Å². The first-order valence-electron chi connectivity index (χ1n) is 7.65. The van der Waals surface area contributed by atoms with Crippen molar-refractivity contribution in [3.63, 3.8) is 0 Å². The summed E-state index contributed by atoms with van der Waals surface area (Å²) in [6.07, 6.45) is -1.12. The summed E-state index contributed by atoms with van der Waals surface area (Å²) in [5, 5.41) is 10.7. The fraction of sp³-hybridized carbons (Fsp3) is 0.929. The van der Waals surface area contributed by atoms with E-state index < -0.39 is 12.5 Å². The van der Waals surface area contributed by atoms with E-state index in [9.17, 15) is 18.7 Å². The average Bonchev–Trinajstić information content (AvgIpc) is 2.31. The normalized spacial score (nSPS) is 26.9. The zero-order chi connectivity index (χ0) is 15.0. The van der Waals surface area contributed by atoms with E-state index in [2.05, 4.69) is 4.90 Å². The monoisotopic (exact) mass is 302 g/mol. The van der Waals surface area contributed by atoms with E-state index in [0.717, 1.165) is 45.6 Å². The second kappa shape index (κ2) is 5.68. The second-order valence-corrected chi connectivity index (χ2v) is 6.89. The van der Waals surface area contributed by atoms with Crippen molar-refractivity contribution in [3.05, 3.63) is 0 Å². The lowest BCUT2D eigenvalue weighted by Crippen LogP contribution is -2.67. The minimum atomic E-state index is -2.24. The van der Waals surface area contributed by atoms with Gasteiger partial charge in [0, 0.05) is 51.2 Å². The van der Waals surface area contributed by atoms with Gasteiger partial charge in [-0.2, -0.15) is 0 Å². The highest BCUT2D eigenvalue weighted by Gasteiger charge is 2.52. The predicted octanol–water partition coefficient (Wildman–Crippen LogP) is -0.0756. The Labute approximate surface area is 123 Å². The molecule has 3 aliphatic rings. The van der Waals surface area contributed by atoms with Gasteiger partial charge in [0.05, 0.1) is 6.54 Å². The Kier molecular flexibility index (Phi) is 4.05. The number of halogens is 2. The van der Waals surface area contributed by atoms with Crippen LogP contribution in [0.3, 0.4) is 0 Å². The molecule has 1 amide bonds. The summed E-state index contributed by atoms with van der Waals surface area (Å²) in [6.45, 7) is 5.35. The highest BCUT2D eigenvalue weighted by atomic mass is 19.3. The third-order valence-electron chi connectivity index (χ3n) is 5.13. The van der Waals surface area contributed by atoms with Gasteiger partial charge in [-0.25, -0.2) is 8.78 Å². The minimum Gasteiger partial charge on any atom is -0.530 e. The van der Waals surface area contributed by atoms with Crippen LogP contribution in [0.4, 0.5) is 13.6 Å². The molecule has 2 aliphatic heterocycles. The summed E-state index contributed by atoms with van der Waals surface area (Å²) in [7, 11) is 0. The number of hydrogen-bond acceptors (Lipinski definition) is 4. The van der Waals surface area contributed by atoms with Crippen molar-refractivity contribution >= 4 is 6.09 Å². The predicted molar refractivity (Wildman–Crippen MR) is 71.0 cm³/mol. The van der Waals surface area contributed by atoms with Crippen LogP contribution in [0.25, 0.3) is 0 Å². The Bertz CT molecular complexity index is 386. The number of piperazine rings is 1. The van der Waals surface area contributed by atoms with E-state index >= 15 is 0 Å². The van der Waals surface area contributed by atoms with Gasteiger partial charge in [-0.15, -0.1) is 0 Å². The smallest absolute Gasteiger partial charge is 0.251 e. The van der Waals surface area contributed by atoms with Crippen molar-refractivity contribution in [1.29, 1.82) is 0 Å². The average molecular weight is 302 g/mol. The lowest BCUT2D eigenvalue weighted by atomic mass is 9.57. The maximum Gasteiger partial charge on any atom is 0.251 e. The number of rotatable bonds is 4. The van der Waals surface area contributed by atoms with Crippen LogP contribution in [0, 0.1) is 11.3 Å². The topological polar surface area (TPSA) is 49.9 Å². The van der Waals surface area contributed by atoms with E-state index in [0.29, 0.717) is 19.0 Å². The Balaban J connectivity index is 1.32. The van der Waals surface area contributed by atoms with Crippen LogP contribution < -0.4 is 5.11 Å². The Morgan fingerprint density at radius 3 is 2.24 bits per heavy atom. The molecule has 5 nitrogen and oxygen atoms in total. The molecule has 1 saturated carbocycles. The van der Waals surface area contributed by atoms with Crippen molar-refractivity contribution in [1.82, 2.24) is 14.7 Å². The lowest BCUT2D eigenvalue weighted by molar-refractivity contribution is -0.280. The molecule has 7 heteroatoms. The summed E-state index contributed by atoms with van der Waals surface area (Å²) in [5.74, 6) is 0.635. The molecule has 0 N–H and O–H groups in total. The summed E-state index contributed by atoms with van der Waals surface area (Å²) < 4.78 is 24.6. The lowest BCUT2D eigenvalue weighted by Gasteiger charge is -2.60. The number of carbonyl (C=O) groups excluding carboxylic acids is 1. The first kappa shape index (κ1) is 15.0. The van der Waals surface area contributed by atoms with Crippen LogP contribution in [-0.4, -0.2) is 79.6 Å². The number of likely N-dealkylation sites (tertiary alicyclic amines) is 1. The molecule has 0 aromatic rings. The van der Waals surface area contributed by atoms with Crippen molar-refractivity contribution < 1.29 is 18.7 Å². The number of hydrogen-bond donors (Lipinski definition) is 0. The largest absolute Gasteiger partial charge is 0.530 e. The first-order chi connectivity index (χ1) is 9.96. The molecule has 0 atom stereocenters. The van der Waals surface area contributed by atoms with E-state index in [-0.39, 0.29) is 12.0 Å². The molecule has 0 radical (unpaired) electrons. The van der Waals surface area contributed by atoms with Gasteiger partial charge < -0.3 is 19.7 Å². The summed E-state index contributed by atoms with van der Waals surface area (Å²) in [4.78, 5) is 16.2. The molecule has 2 saturated heterocycles. The molecular weight excluding hydrogens is 280 g/mol. The van der Waals surface area contributed by atoms with Crippen molar-refractivity contribution in [2.24, 2.45) is 11.3 Å². The second-order valence-electron chi connectivity index (χ2n) is 6.89. The number of carboxylic acid groups (broad SMARTS) is 1. The minimum absolute atomic E-state index is 0.112. The summed E-state index contributed by atoms with van der Waals surface area (Å²) >= 11 is 0. The molecule has 0 unspecified atom stereocenters. The van der Waals surface area contributed by atoms with Crippen LogP contribution in [0.1, 0.15) is 12.8 Å². The molecule has 1 spiro atoms. The first-order valence-corrected chi connectivity index (χ1v) is 7.65. The molecule has 0 aromatic heterocycles. The third kappa shape index (κ3) is 3.29. The van der Waals surface area contributed by atoms with Gasteiger partial charge in [0.2, 0.25) is 0 Å².